The highest BCUT2D eigenvalue weighted by Crippen LogP contribution is 2.40. The first kappa shape index (κ1) is 27.4. The van der Waals surface area contributed by atoms with Gasteiger partial charge in [-0.3, -0.25) is 14.5 Å². The van der Waals surface area contributed by atoms with Gasteiger partial charge in [-0.1, -0.05) is 25.5 Å². The van der Waals surface area contributed by atoms with Crippen molar-refractivity contribution in [1.29, 1.82) is 0 Å². The number of aliphatic carboxylic acids is 1. The Labute approximate surface area is 207 Å². The predicted molar refractivity (Wildman–Crippen MR) is 133 cm³/mol. The van der Waals surface area contributed by atoms with Gasteiger partial charge < -0.3 is 20.5 Å². The third-order valence-electron chi connectivity index (χ3n) is 6.85. The lowest BCUT2D eigenvalue weighted by Crippen LogP contribution is -2.46. The fourth-order valence-corrected chi connectivity index (χ4v) is 5.65. The molecule has 1 saturated heterocycles. The summed E-state index contributed by atoms with van der Waals surface area (Å²) in [6.07, 6.45) is 3.95. The first-order valence-corrected chi connectivity index (χ1v) is 14.2. The van der Waals surface area contributed by atoms with Gasteiger partial charge in [-0.15, -0.1) is 0 Å². The van der Waals surface area contributed by atoms with Gasteiger partial charge in [0.1, 0.15) is 5.75 Å². The van der Waals surface area contributed by atoms with E-state index in [-0.39, 0.29) is 31.3 Å². The number of likely N-dealkylation sites (tertiary alicyclic amines) is 1. The Morgan fingerprint density at radius 2 is 2.09 bits per heavy atom. The van der Waals surface area contributed by atoms with Crippen molar-refractivity contribution < 1.29 is 27.9 Å². The molecule has 1 amide bonds. The minimum atomic E-state index is -3.42. The van der Waals surface area contributed by atoms with E-state index in [1.807, 2.05) is 23.1 Å². The van der Waals surface area contributed by atoms with Crippen LogP contribution in [0.5, 0.6) is 5.75 Å². The molecule has 0 bridgehead atoms. The van der Waals surface area contributed by atoms with Gasteiger partial charge in [0.05, 0.1) is 25.3 Å². The maximum atomic E-state index is 13.2. The second kappa shape index (κ2) is 12.2. The van der Waals surface area contributed by atoms with Crippen LogP contribution in [-0.4, -0.2) is 93.4 Å². The molecule has 10 nitrogen and oxygen atoms in total. The fraction of sp³-hybridized carbons (Fsp3) is 0.667. The summed E-state index contributed by atoms with van der Waals surface area (Å²) in [5.41, 5.74) is 7.69. The molecule has 0 aromatic heterocycles. The minimum absolute atomic E-state index is 0.0710. The molecule has 1 aromatic rings. The molecular formula is C24H38N4O6S. The van der Waals surface area contributed by atoms with Crippen LogP contribution in [0.3, 0.4) is 0 Å². The molecule has 3 unspecified atom stereocenters. The molecule has 0 spiro atoms. The molecule has 2 aliphatic rings. The number of nitrogens with two attached hydrogens (primary N) is 1. The maximum absolute atomic E-state index is 13.2. The van der Waals surface area contributed by atoms with Crippen molar-refractivity contribution in [3.63, 3.8) is 0 Å². The smallest absolute Gasteiger partial charge is 0.308 e. The summed E-state index contributed by atoms with van der Waals surface area (Å²) in [4.78, 5) is 29.3. The molecule has 196 valence electrons. The number of rotatable bonds is 13. The third kappa shape index (κ3) is 7.16. The number of carboxylic acids is 1. The molecule has 11 heteroatoms. The first-order valence-electron chi connectivity index (χ1n) is 12.3. The van der Waals surface area contributed by atoms with Gasteiger partial charge >= 0.3 is 5.97 Å². The summed E-state index contributed by atoms with van der Waals surface area (Å²) in [7, 11) is -3.42. The zero-order chi connectivity index (χ0) is 25.6. The summed E-state index contributed by atoms with van der Waals surface area (Å²) >= 11 is 0. The van der Waals surface area contributed by atoms with E-state index >= 15 is 0 Å². The van der Waals surface area contributed by atoms with E-state index in [2.05, 4.69) is 11.6 Å². The number of unbranched alkanes of at least 4 members (excludes halogenated alkanes) is 1. The van der Waals surface area contributed by atoms with Crippen LogP contribution in [-0.2, 0) is 26.0 Å². The van der Waals surface area contributed by atoms with Gasteiger partial charge in [-0.2, -0.15) is 0 Å². The zero-order valence-electron chi connectivity index (χ0n) is 20.6. The molecule has 0 radical (unpaired) electrons. The van der Waals surface area contributed by atoms with Crippen LogP contribution in [0.1, 0.15) is 43.2 Å². The van der Waals surface area contributed by atoms with Crippen molar-refractivity contribution in [3.8, 4) is 5.75 Å². The molecule has 1 aromatic carbocycles. The van der Waals surface area contributed by atoms with Gasteiger partial charge in [-0.05, 0) is 30.0 Å². The van der Waals surface area contributed by atoms with Gasteiger partial charge in [0.15, 0.2) is 0 Å². The lowest BCUT2D eigenvalue weighted by atomic mass is 9.83. The van der Waals surface area contributed by atoms with Crippen molar-refractivity contribution in [2.45, 2.75) is 44.6 Å². The highest BCUT2D eigenvalue weighted by atomic mass is 32.2. The van der Waals surface area contributed by atoms with E-state index in [1.165, 1.54) is 0 Å². The van der Waals surface area contributed by atoms with Gasteiger partial charge in [0.2, 0.25) is 15.9 Å². The molecule has 2 aliphatic heterocycles. The minimum Gasteiger partial charge on any atom is -0.493 e. The quantitative estimate of drug-likeness (QED) is 0.351. The zero-order valence-corrected chi connectivity index (χ0v) is 21.4. The van der Waals surface area contributed by atoms with Crippen molar-refractivity contribution in [1.82, 2.24) is 14.5 Å². The first-order chi connectivity index (χ1) is 16.6. The molecule has 0 saturated carbocycles. The second-order valence-electron chi connectivity index (χ2n) is 9.41. The summed E-state index contributed by atoms with van der Waals surface area (Å²) in [5.74, 6) is -1.31. The average Bonchev–Trinajstić information content (AvgIpc) is 3.40. The average molecular weight is 511 g/mol. The predicted octanol–water partition coefficient (Wildman–Crippen LogP) is 0.617. The van der Waals surface area contributed by atoms with Crippen LogP contribution >= 0.6 is 0 Å². The summed E-state index contributed by atoms with van der Waals surface area (Å²) < 4.78 is 31.3. The number of hydrogen-bond donors (Lipinski definition) is 3. The van der Waals surface area contributed by atoms with Gasteiger partial charge in [0, 0.05) is 51.1 Å². The lowest BCUT2D eigenvalue weighted by Gasteiger charge is -2.29. The SMILES string of the molecule is CCCCN(CCN)C(=O)CN1CC(c2ccc3c(c2)CCO3)C(C(=O)O)C1CCNS(C)(=O)=O. The lowest BCUT2D eigenvalue weighted by molar-refractivity contribution is -0.143. The van der Waals surface area contributed by atoms with E-state index in [0.717, 1.165) is 42.4 Å². The number of nitrogens with one attached hydrogen (secondary N) is 1. The van der Waals surface area contributed by atoms with Gasteiger partial charge in [-0.25, -0.2) is 13.1 Å². The monoisotopic (exact) mass is 510 g/mol. The number of carbonyl (C=O) groups is 2. The number of sulfonamides is 1. The number of carbonyl (C=O) groups excluding carboxylic acids is 1. The van der Waals surface area contributed by atoms with E-state index < -0.39 is 28.0 Å². The van der Waals surface area contributed by atoms with Crippen molar-refractivity contribution in [2.75, 3.05) is 52.1 Å². The fourth-order valence-electron chi connectivity index (χ4n) is 5.16. The molecule has 35 heavy (non-hydrogen) atoms. The Hall–Kier alpha value is -2.21. The van der Waals surface area contributed by atoms with Crippen LogP contribution < -0.4 is 15.2 Å². The van der Waals surface area contributed by atoms with Crippen LogP contribution in [0, 0.1) is 5.92 Å². The van der Waals surface area contributed by atoms with Gasteiger partial charge in [0.25, 0.3) is 0 Å². The Kier molecular flexibility index (Phi) is 9.51. The van der Waals surface area contributed by atoms with Crippen LogP contribution in [0.2, 0.25) is 0 Å². The number of amides is 1. The normalized spacial score (nSPS) is 22.1. The molecule has 3 rings (SSSR count). The number of ether oxygens (including phenoxy) is 1. The third-order valence-corrected chi connectivity index (χ3v) is 7.58. The van der Waals surface area contributed by atoms with E-state index in [9.17, 15) is 23.1 Å². The Morgan fingerprint density at radius 3 is 2.74 bits per heavy atom. The Bertz CT molecular complexity index is 1000. The summed E-state index contributed by atoms with van der Waals surface area (Å²) in [6, 6.07) is 5.32. The molecule has 2 heterocycles. The largest absolute Gasteiger partial charge is 0.493 e. The molecule has 4 N–H and O–H groups in total. The van der Waals surface area contributed by atoms with E-state index in [0.29, 0.717) is 32.8 Å². The Morgan fingerprint density at radius 1 is 1.31 bits per heavy atom. The number of fused-ring (bicyclic) bond motifs is 1. The molecular weight excluding hydrogens is 472 g/mol. The molecule has 0 aliphatic carbocycles. The van der Waals surface area contributed by atoms with Crippen LogP contribution in [0.25, 0.3) is 0 Å². The van der Waals surface area contributed by atoms with Crippen LogP contribution in [0.4, 0.5) is 0 Å². The van der Waals surface area contributed by atoms with Crippen molar-refractivity contribution in [2.24, 2.45) is 11.7 Å². The summed E-state index contributed by atoms with van der Waals surface area (Å²) in [5, 5.41) is 10.2. The Balaban J connectivity index is 1.86. The summed E-state index contributed by atoms with van der Waals surface area (Å²) in [6.45, 7) is 4.65. The second-order valence-corrected chi connectivity index (χ2v) is 11.2. The van der Waals surface area contributed by atoms with Crippen molar-refractivity contribution in [3.05, 3.63) is 29.3 Å². The highest BCUT2D eigenvalue weighted by Gasteiger charge is 2.47. The number of benzene rings is 1. The van der Waals surface area contributed by atoms with E-state index in [4.69, 9.17) is 10.5 Å². The topological polar surface area (TPSA) is 142 Å². The number of hydrogen-bond acceptors (Lipinski definition) is 7. The maximum Gasteiger partial charge on any atom is 0.308 e. The highest BCUT2D eigenvalue weighted by molar-refractivity contribution is 7.88. The molecule has 1 fully saturated rings. The standard InChI is InChI=1S/C24H38N4O6S/c1-3-4-11-27(12-9-25)22(29)16-28-15-19(17-5-6-21-18(14-17)8-13-34-21)23(24(30)31)20(28)7-10-26-35(2,32)33/h5-6,14,19-20,23,26H,3-4,7-13,15-16,25H2,1-2H3,(H,30,31). The van der Waals surface area contributed by atoms with E-state index in [1.54, 1.807) is 4.90 Å². The van der Waals surface area contributed by atoms with Crippen molar-refractivity contribution >= 4 is 21.9 Å². The van der Waals surface area contributed by atoms with Crippen LogP contribution in [0.15, 0.2) is 18.2 Å². The number of carboxylic acid groups (broad SMARTS) is 1. The number of nitrogens with zero attached hydrogens (tertiary/aromatic N) is 2. The molecule has 3 atom stereocenters.